The molecule has 0 saturated heterocycles. The number of nitrogens with one attached hydrogen (secondary N) is 1. The van der Waals surface area contributed by atoms with Crippen LogP contribution in [0.1, 0.15) is 31.9 Å². The molecule has 0 aliphatic rings. The highest BCUT2D eigenvalue weighted by atomic mass is 35.5. The van der Waals surface area contributed by atoms with E-state index in [1.54, 1.807) is 75.4 Å². The number of para-hydroxylation sites is 2. The average Bonchev–Trinajstić information content (AvgIpc) is 2.91. The van der Waals surface area contributed by atoms with Crippen molar-refractivity contribution >= 4 is 50.7 Å². The summed E-state index contributed by atoms with van der Waals surface area (Å²) in [4.78, 5) is 28.4. The van der Waals surface area contributed by atoms with Crippen LogP contribution in [0, 0.1) is 6.92 Å². The van der Waals surface area contributed by atoms with Gasteiger partial charge in [0.15, 0.2) is 0 Å². The van der Waals surface area contributed by atoms with Gasteiger partial charge in [0.2, 0.25) is 11.8 Å². The van der Waals surface area contributed by atoms with Crippen molar-refractivity contribution in [1.29, 1.82) is 0 Å². The number of ether oxygens (including phenoxy) is 1. The normalized spacial score (nSPS) is 12.1. The fraction of sp³-hybridized carbons (Fsp3) is 0.310. The molecule has 0 fully saturated rings. The number of sulfonamides is 1. The first-order chi connectivity index (χ1) is 18.9. The topological polar surface area (TPSA) is 96.0 Å². The maximum Gasteiger partial charge on any atom is 0.264 e. The summed E-state index contributed by atoms with van der Waals surface area (Å²) in [7, 11) is -2.82. The van der Waals surface area contributed by atoms with Crippen LogP contribution in [0.15, 0.2) is 71.6 Å². The summed E-state index contributed by atoms with van der Waals surface area (Å²) in [6.45, 7) is 6.30. The Balaban J connectivity index is 2.11. The van der Waals surface area contributed by atoms with E-state index in [2.05, 4.69) is 5.32 Å². The van der Waals surface area contributed by atoms with Gasteiger partial charge in [-0.1, -0.05) is 59.1 Å². The number of aryl methyl sites for hydroxylation is 1. The molecule has 0 bridgehead atoms. The molecule has 3 aromatic rings. The SMILES string of the molecule is COc1ccccc1N(CC(=O)N(Cc1c(Cl)cccc1Cl)C(C)C(=O)NC(C)C)S(=O)(=O)c1ccc(C)cc1. The van der Waals surface area contributed by atoms with Crippen molar-refractivity contribution in [3.05, 3.63) is 87.9 Å². The molecule has 0 heterocycles. The van der Waals surface area contributed by atoms with Crippen LogP contribution in [0.5, 0.6) is 5.75 Å². The standard InChI is InChI=1S/C29H33Cl2N3O5S/c1-19(2)32-29(36)21(4)33(17-23-24(30)9-8-10-25(23)31)28(35)18-34(26-11-6-7-12-27(26)39-5)40(37,38)22-15-13-20(3)14-16-22/h6-16,19,21H,17-18H2,1-5H3,(H,32,36). The van der Waals surface area contributed by atoms with Gasteiger partial charge < -0.3 is 15.0 Å². The molecule has 3 aromatic carbocycles. The molecule has 0 aromatic heterocycles. The average molecular weight is 607 g/mol. The van der Waals surface area contributed by atoms with Gasteiger partial charge in [0.05, 0.1) is 17.7 Å². The minimum atomic E-state index is -4.23. The van der Waals surface area contributed by atoms with E-state index in [1.807, 2.05) is 6.92 Å². The summed E-state index contributed by atoms with van der Waals surface area (Å²) in [5.41, 5.74) is 1.49. The maximum atomic E-state index is 14.0. The van der Waals surface area contributed by atoms with Crippen LogP contribution in [-0.4, -0.2) is 50.9 Å². The molecule has 2 amide bonds. The second kappa shape index (κ2) is 13.4. The lowest BCUT2D eigenvalue weighted by Gasteiger charge is -2.33. The van der Waals surface area contributed by atoms with Gasteiger partial charge in [-0.05, 0) is 64.1 Å². The van der Waals surface area contributed by atoms with Gasteiger partial charge >= 0.3 is 0 Å². The summed E-state index contributed by atoms with van der Waals surface area (Å²) < 4.78 is 34.4. The molecule has 1 atom stereocenters. The molecule has 11 heteroatoms. The Morgan fingerprint density at radius 1 is 0.925 bits per heavy atom. The zero-order valence-corrected chi connectivity index (χ0v) is 25.3. The van der Waals surface area contributed by atoms with E-state index in [0.29, 0.717) is 15.6 Å². The van der Waals surface area contributed by atoms with E-state index in [9.17, 15) is 18.0 Å². The number of nitrogens with zero attached hydrogens (tertiary/aromatic N) is 2. The molecule has 1 N–H and O–H groups in total. The Kier molecular flexibility index (Phi) is 10.5. The summed E-state index contributed by atoms with van der Waals surface area (Å²) in [6.07, 6.45) is 0. The van der Waals surface area contributed by atoms with Crippen molar-refractivity contribution < 1.29 is 22.7 Å². The number of carbonyl (C=O) groups excluding carboxylic acids is 2. The summed E-state index contributed by atoms with van der Waals surface area (Å²) in [5.74, 6) is -0.780. The summed E-state index contributed by atoms with van der Waals surface area (Å²) in [6, 6.07) is 16.6. The zero-order chi connectivity index (χ0) is 29.6. The molecular formula is C29H33Cl2N3O5S. The Morgan fingerprint density at radius 3 is 2.10 bits per heavy atom. The predicted molar refractivity (Wildman–Crippen MR) is 158 cm³/mol. The van der Waals surface area contributed by atoms with Crippen LogP contribution >= 0.6 is 23.2 Å². The molecule has 214 valence electrons. The quantitative estimate of drug-likeness (QED) is 0.313. The number of hydrogen-bond donors (Lipinski definition) is 1. The molecule has 8 nitrogen and oxygen atoms in total. The molecule has 1 unspecified atom stereocenters. The Labute approximate surface area is 245 Å². The van der Waals surface area contributed by atoms with Crippen molar-refractivity contribution in [2.75, 3.05) is 18.0 Å². The molecule has 3 rings (SSSR count). The number of anilines is 1. The Hall–Kier alpha value is -3.27. The van der Waals surface area contributed by atoms with Crippen LogP contribution in [0.2, 0.25) is 10.0 Å². The summed E-state index contributed by atoms with van der Waals surface area (Å²) >= 11 is 12.8. The van der Waals surface area contributed by atoms with Crippen LogP contribution in [0.4, 0.5) is 5.69 Å². The number of methoxy groups -OCH3 is 1. The van der Waals surface area contributed by atoms with Crippen molar-refractivity contribution in [3.63, 3.8) is 0 Å². The Morgan fingerprint density at radius 2 is 1.52 bits per heavy atom. The summed E-state index contributed by atoms with van der Waals surface area (Å²) in [5, 5.41) is 3.44. The van der Waals surface area contributed by atoms with Gasteiger partial charge in [-0.15, -0.1) is 0 Å². The monoisotopic (exact) mass is 605 g/mol. The first kappa shape index (κ1) is 31.3. The molecule has 0 spiro atoms. The minimum Gasteiger partial charge on any atom is -0.495 e. The van der Waals surface area contributed by atoms with E-state index in [0.717, 1.165) is 9.87 Å². The fourth-order valence-corrected chi connectivity index (χ4v) is 5.97. The van der Waals surface area contributed by atoms with Gasteiger partial charge in [-0.3, -0.25) is 13.9 Å². The molecular weight excluding hydrogens is 573 g/mol. The van der Waals surface area contributed by atoms with E-state index >= 15 is 0 Å². The number of amides is 2. The lowest BCUT2D eigenvalue weighted by atomic mass is 10.1. The second-order valence-corrected chi connectivity index (χ2v) is 12.2. The highest BCUT2D eigenvalue weighted by Gasteiger charge is 2.34. The Bertz CT molecular complexity index is 1440. The third kappa shape index (κ3) is 7.27. The van der Waals surface area contributed by atoms with Gasteiger partial charge in [-0.2, -0.15) is 0 Å². The molecule has 0 aliphatic carbocycles. The molecule has 0 radical (unpaired) electrons. The smallest absolute Gasteiger partial charge is 0.264 e. The third-order valence-electron chi connectivity index (χ3n) is 6.23. The predicted octanol–water partition coefficient (Wildman–Crippen LogP) is 5.45. The number of benzene rings is 3. The van der Waals surface area contributed by atoms with Crippen LogP contribution in [0.25, 0.3) is 0 Å². The van der Waals surface area contributed by atoms with Crippen LogP contribution in [-0.2, 0) is 26.2 Å². The third-order valence-corrected chi connectivity index (χ3v) is 8.71. The van der Waals surface area contributed by atoms with Gasteiger partial charge in [0.1, 0.15) is 18.3 Å². The van der Waals surface area contributed by atoms with Gasteiger partial charge in [0, 0.05) is 28.2 Å². The highest BCUT2D eigenvalue weighted by molar-refractivity contribution is 7.92. The second-order valence-electron chi connectivity index (χ2n) is 9.56. The van der Waals surface area contributed by atoms with Crippen LogP contribution < -0.4 is 14.4 Å². The number of hydrogen-bond acceptors (Lipinski definition) is 5. The molecule has 0 saturated carbocycles. The minimum absolute atomic E-state index is 0.00287. The fourth-order valence-electron chi connectivity index (χ4n) is 4.03. The van der Waals surface area contributed by atoms with E-state index < -0.39 is 34.4 Å². The van der Waals surface area contributed by atoms with E-state index in [4.69, 9.17) is 27.9 Å². The van der Waals surface area contributed by atoms with Crippen molar-refractivity contribution in [3.8, 4) is 5.75 Å². The van der Waals surface area contributed by atoms with Crippen molar-refractivity contribution in [1.82, 2.24) is 10.2 Å². The van der Waals surface area contributed by atoms with Gasteiger partial charge in [-0.25, -0.2) is 8.42 Å². The lowest BCUT2D eigenvalue weighted by molar-refractivity contribution is -0.139. The van der Waals surface area contributed by atoms with E-state index in [-0.39, 0.29) is 28.9 Å². The largest absolute Gasteiger partial charge is 0.495 e. The van der Waals surface area contributed by atoms with Gasteiger partial charge in [0.25, 0.3) is 10.0 Å². The lowest BCUT2D eigenvalue weighted by Crippen LogP contribution is -2.52. The molecule has 40 heavy (non-hydrogen) atoms. The van der Waals surface area contributed by atoms with Crippen LogP contribution in [0.3, 0.4) is 0 Å². The first-order valence-electron chi connectivity index (χ1n) is 12.6. The van der Waals surface area contributed by atoms with Crippen molar-refractivity contribution in [2.24, 2.45) is 0 Å². The highest BCUT2D eigenvalue weighted by Crippen LogP contribution is 2.33. The molecule has 0 aliphatic heterocycles. The van der Waals surface area contributed by atoms with Crippen molar-refractivity contribution in [2.45, 2.75) is 51.2 Å². The zero-order valence-electron chi connectivity index (χ0n) is 23.0. The number of rotatable bonds is 11. The maximum absolute atomic E-state index is 14.0. The number of halogens is 2. The number of carbonyl (C=O) groups is 2. The van der Waals surface area contributed by atoms with E-state index in [1.165, 1.54) is 24.1 Å². The first-order valence-corrected chi connectivity index (χ1v) is 14.8.